The van der Waals surface area contributed by atoms with E-state index in [4.69, 9.17) is 9.84 Å². The molecule has 0 saturated carbocycles. The Morgan fingerprint density at radius 1 is 1.58 bits per heavy atom. The van der Waals surface area contributed by atoms with Gasteiger partial charge in [0.25, 0.3) is 0 Å². The van der Waals surface area contributed by atoms with Gasteiger partial charge in [-0.15, -0.1) is 0 Å². The topological polar surface area (TPSA) is 87.6 Å². The number of aliphatic hydroxyl groups is 1. The number of hydrogen-bond donors (Lipinski definition) is 2. The normalized spacial score (nSPS) is 19.3. The predicted octanol–water partition coefficient (Wildman–Crippen LogP) is -0.690. The smallest absolute Gasteiger partial charge is 0.245 e. The van der Waals surface area contributed by atoms with Crippen molar-refractivity contribution in [3.05, 3.63) is 18.0 Å². The third-order valence-corrected chi connectivity index (χ3v) is 2.91. The Morgan fingerprint density at radius 3 is 2.95 bits per heavy atom. The molecule has 7 heteroatoms. The largest absolute Gasteiger partial charge is 0.392 e. The van der Waals surface area contributed by atoms with E-state index in [1.54, 1.807) is 12.4 Å². The van der Waals surface area contributed by atoms with Crippen LogP contribution in [0.15, 0.2) is 12.4 Å². The second kappa shape index (κ2) is 6.44. The lowest BCUT2D eigenvalue weighted by atomic mass is 10.2. The molecule has 1 amide bonds. The molecule has 0 bridgehead atoms. The number of rotatable bonds is 4. The molecule has 1 saturated heterocycles. The predicted molar refractivity (Wildman–Crippen MR) is 68.6 cm³/mol. The van der Waals surface area contributed by atoms with Crippen LogP contribution in [0.25, 0.3) is 0 Å². The summed E-state index contributed by atoms with van der Waals surface area (Å²) in [5, 5.41) is 11.8. The summed E-state index contributed by atoms with van der Waals surface area (Å²) in [6, 6.07) is -0.409. The van der Waals surface area contributed by atoms with Crippen molar-refractivity contribution in [2.75, 3.05) is 31.2 Å². The Balaban J connectivity index is 2.15. The van der Waals surface area contributed by atoms with E-state index in [0.29, 0.717) is 37.8 Å². The molecule has 0 aliphatic carbocycles. The van der Waals surface area contributed by atoms with Crippen LogP contribution < -0.4 is 10.2 Å². The SMILES string of the molecule is CCNC(=O)C1COCCN1c1ncc(CO)cn1. The zero-order valence-corrected chi connectivity index (χ0v) is 10.9. The van der Waals surface area contributed by atoms with Crippen molar-refractivity contribution in [2.24, 2.45) is 0 Å². The van der Waals surface area contributed by atoms with Gasteiger partial charge in [0.15, 0.2) is 0 Å². The van der Waals surface area contributed by atoms with Crippen molar-refractivity contribution in [3.63, 3.8) is 0 Å². The molecule has 0 aromatic carbocycles. The fourth-order valence-corrected chi connectivity index (χ4v) is 1.93. The molecule has 2 rings (SSSR count). The van der Waals surface area contributed by atoms with Gasteiger partial charge in [-0.1, -0.05) is 0 Å². The van der Waals surface area contributed by atoms with Gasteiger partial charge in [-0.2, -0.15) is 0 Å². The Bertz CT molecular complexity index is 423. The maximum atomic E-state index is 12.0. The highest BCUT2D eigenvalue weighted by Gasteiger charge is 2.30. The molecular formula is C12H18N4O3. The molecular weight excluding hydrogens is 248 g/mol. The minimum atomic E-state index is -0.409. The van der Waals surface area contributed by atoms with E-state index in [2.05, 4.69) is 15.3 Å². The van der Waals surface area contributed by atoms with Crippen molar-refractivity contribution in [3.8, 4) is 0 Å². The molecule has 1 unspecified atom stereocenters. The van der Waals surface area contributed by atoms with Crippen molar-refractivity contribution in [1.82, 2.24) is 15.3 Å². The van der Waals surface area contributed by atoms with Crippen molar-refractivity contribution in [1.29, 1.82) is 0 Å². The first kappa shape index (κ1) is 13.7. The number of aromatic nitrogens is 2. The molecule has 1 aliphatic rings. The maximum absolute atomic E-state index is 12.0. The van der Waals surface area contributed by atoms with Gasteiger partial charge in [-0.3, -0.25) is 4.79 Å². The van der Waals surface area contributed by atoms with Crippen LogP contribution >= 0.6 is 0 Å². The number of hydrogen-bond acceptors (Lipinski definition) is 6. The number of carbonyl (C=O) groups excluding carboxylic acids is 1. The highest BCUT2D eigenvalue weighted by molar-refractivity contribution is 5.85. The van der Waals surface area contributed by atoms with E-state index in [1.807, 2.05) is 11.8 Å². The van der Waals surface area contributed by atoms with Gasteiger partial charge in [-0.25, -0.2) is 9.97 Å². The van der Waals surface area contributed by atoms with E-state index >= 15 is 0 Å². The second-order valence-electron chi connectivity index (χ2n) is 4.23. The van der Waals surface area contributed by atoms with Crippen LogP contribution in [0.1, 0.15) is 12.5 Å². The van der Waals surface area contributed by atoms with E-state index in [9.17, 15) is 4.79 Å². The first-order valence-electron chi connectivity index (χ1n) is 6.30. The number of amides is 1. The molecule has 1 fully saturated rings. The van der Waals surface area contributed by atoms with Gasteiger partial charge in [-0.05, 0) is 6.92 Å². The summed E-state index contributed by atoms with van der Waals surface area (Å²) in [6.45, 7) is 3.80. The molecule has 104 valence electrons. The van der Waals surface area contributed by atoms with Crippen molar-refractivity contribution >= 4 is 11.9 Å². The van der Waals surface area contributed by atoms with Gasteiger partial charge >= 0.3 is 0 Å². The van der Waals surface area contributed by atoms with Crippen LogP contribution in [-0.4, -0.2) is 53.3 Å². The standard InChI is InChI=1S/C12H18N4O3/c1-2-13-11(18)10-8-19-4-3-16(10)12-14-5-9(7-17)6-15-12/h5-6,10,17H,2-4,7-8H2,1H3,(H,13,18). The Morgan fingerprint density at radius 2 is 2.32 bits per heavy atom. The van der Waals surface area contributed by atoms with E-state index in [1.165, 1.54) is 0 Å². The molecule has 1 aromatic rings. The molecule has 19 heavy (non-hydrogen) atoms. The van der Waals surface area contributed by atoms with E-state index < -0.39 is 6.04 Å². The maximum Gasteiger partial charge on any atom is 0.245 e. The van der Waals surface area contributed by atoms with Gasteiger partial charge < -0.3 is 20.1 Å². The average Bonchev–Trinajstić information content (AvgIpc) is 2.47. The Kier molecular flexibility index (Phi) is 4.64. The van der Waals surface area contributed by atoms with Gasteiger partial charge in [0.1, 0.15) is 6.04 Å². The number of ether oxygens (including phenoxy) is 1. The molecule has 1 aliphatic heterocycles. The summed E-state index contributed by atoms with van der Waals surface area (Å²) >= 11 is 0. The van der Waals surface area contributed by atoms with E-state index in [-0.39, 0.29) is 12.5 Å². The lowest BCUT2D eigenvalue weighted by molar-refractivity contribution is -0.124. The molecule has 7 nitrogen and oxygen atoms in total. The summed E-state index contributed by atoms with van der Waals surface area (Å²) < 4.78 is 5.35. The van der Waals surface area contributed by atoms with Crippen LogP contribution in [0.3, 0.4) is 0 Å². The number of nitrogens with one attached hydrogen (secondary N) is 1. The second-order valence-corrected chi connectivity index (χ2v) is 4.23. The zero-order valence-electron chi connectivity index (χ0n) is 10.9. The van der Waals surface area contributed by atoms with Crippen LogP contribution in [-0.2, 0) is 16.1 Å². The molecule has 2 N–H and O–H groups in total. The Hall–Kier alpha value is -1.73. The average molecular weight is 266 g/mol. The number of anilines is 1. The molecule has 2 heterocycles. The first-order chi connectivity index (χ1) is 9.26. The third kappa shape index (κ3) is 3.18. The summed E-state index contributed by atoms with van der Waals surface area (Å²) in [5.74, 6) is 0.397. The number of likely N-dealkylation sites (N-methyl/N-ethyl adjacent to an activating group) is 1. The number of morpholine rings is 1. The van der Waals surface area contributed by atoms with Crippen LogP contribution in [0, 0.1) is 0 Å². The summed E-state index contributed by atoms with van der Waals surface area (Å²) in [5.41, 5.74) is 0.645. The summed E-state index contributed by atoms with van der Waals surface area (Å²) in [7, 11) is 0. The molecule has 0 radical (unpaired) electrons. The number of aliphatic hydroxyl groups excluding tert-OH is 1. The quantitative estimate of drug-likeness (QED) is 0.750. The first-order valence-corrected chi connectivity index (χ1v) is 6.30. The molecule has 1 atom stereocenters. The minimum Gasteiger partial charge on any atom is -0.392 e. The lowest BCUT2D eigenvalue weighted by Crippen LogP contribution is -2.54. The number of nitrogens with zero attached hydrogens (tertiary/aromatic N) is 3. The third-order valence-electron chi connectivity index (χ3n) is 2.91. The fourth-order valence-electron chi connectivity index (χ4n) is 1.93. The highest BCUT2D eigenvalue weighted by atomic mass is 16.5. The van der Waals surface area contributed by atoms with E-state index in [0.717, 1.165) is 0 Å². The fraction of sp³-hybridized carbons (Fsp3) is 0.583. The minimum absolute atomic E-state index is 0.0861. The van der Waals surface area contributed by atoms with Gasteiger partial charge in [0.2, 0.25) is 11.9 Å². The van der Waals surface area contributed by atoms with Crippen LogP contribution in [0.2, 0.25) is 0 Å². The Labute approximate surface area is 111 Å². The van der Waals surface area contributed by atoms with Crippen molar-refractivity contribution in [2.45, 2.75) is 19.6 Å². The molecule has 1 aromatic heterocycles. The number of carbonyl (C=O) groups is 1. The van der Waals surface area contributed by atoms with Gasteiger partial charge in [0.05, 0.1) is 19.8 Å². The zero-order chi connectivity index (χ0) is 13.7. The summed E-state index contributed by atoms with van der Waals surface area (Å²) in [4.78, 5) is 22.2. The van der Waals surface area contributed by atoms with Crippen molar-refractivity contribution < 1.29 is 14.6 Å². The van der Waals surface area contributed by atoms with Gasteiger partial charge in [0, 0.05) is 31.0 Å². The van der Waals surface area contributed by atoms with Crippen LogP contribution in [0.4, 0.5) is 5.95 Å². The monoisotopic (exact) mass is 266 g/mol. The molecule has 0 spiro atoms. The lowest BCUT2D eigenvalue weighted by Gasteiger charge is -2.34. The summed E-state index contributed by atoms with van der Waals surface area (Å²) in [6.07, 6.45) is 3.12. The van der Waals surface area contributed by atoms with Crippen LogP contribution in [0.5, 0.6) is 0 Å². The highest BCUT2D eigenvalue weighted by Crippen LogP contribution is 2.15.